The highest BCUT2D eigenvalue weighted by atomic mass is 28.5. The van der Waals surface area contributed by atoms with Crippen LogP contribution in [0.25, 0.3) is 0 Å². The zero-order valence-corrected chi connectivity index (χ0v) is 20.0. The molecule has 0 atom stereocenters. The van der Waals surface area contributed by atoms with Crippen molar-refractivity contribution in [2.45, 2.75) is 58.3 Å². The van der Waals surface area contributed by atoms with Crippen molar-refractivity contribution in [3.63, 3.8) is 0 Å². The van der Waals surface area contributed by atoms with Crippen LogP contribution in [0.5, 0.6) is 0 Å². The van der Waals surface area contributed by atoms with Gasteiger partial charge in [0.1, 0.15) is 17.7 Å². The summed E-state index contributed by atoms with van der Waals surface area (Å²) in [6, 6.07) is 4.65. The van der Waals surface area contributed by atoms with Gasteiger partial charge in [-0.3, -0.25) is 0 Å². The standard InChI is InChI=1S/C17H33N3O2Si3/c1-20(12-9-11-17(15-18)16-19)13-10-14-25(8,21-23(2,3)4)22-24(5,6)7/h9,11-12H,10,13-14H2,1-8H3. The van der Waals surface area contributed by atoms with E-state index in [1.54, 1.807) is 6.08 Å². The largest absolute Gasteiger partial charge is 0.437 e. The van der Waals surface area contributed by atoms with Gasteiger partial charge in [0.25, 0.3) is 0 Å². The Labute approximate surface area is 157 Å². The highest BCUT2D eigenvalue weighted by Gasteiger charge is 2.39. The molecule has 0 aliphatic rings. The molecule has 0 rings (SSSR count). The lowest BCUT2D eigenvalue weighted by Gasteiger charge is -2.38. The summed E-state index contributed by atoms with van der Waals surface area (Å²) in [5.41, 5.74) is 0.108. The van der Waals surface area contributed by atoms with Gasteiger partial charge in [0, 0.05) is 13.6 Å². The van der Waals surface area contributed by atoms with E-state index in [4.69, 9.17) is 18.8 Å². The molecule has 0 aliphatic heterocycles. The lowest BCUT2D eigenvalue weighted by molar-refractivity contribution is 0.372. The smallest absolute Gasteiger partial charge is 0.314 e. The molecule has 8 heteroatoms. The second-order valence-corrected chi connectivity index (χ2v) is 21.1. The lowest BCUT2D eigenvalue weighted by atomic mass is 10.3. The summed E-state index contributed by atoms with van der Waals surface area (Å²) in [4.78, 5) is 2.06. The highest BCUT2D eigenvalue weighted by molar-refractivity contribution is 6.87. The minimum atomic E-state index is -2.17. The molecule has 0 aromatic rings. The molecular formula is C17H33N3O2Si3. The Balaban J connectivity index is 4.71. The van der Waals surface area contributed by atoms with E-state index in [-0.39, 0.29) is 5.57 Å². The van der Waals surface area contributed by atoms with Crippen LogP contribution in [0.2, 0.25) is 51.9 Å². The van der Waals surface area contributed by atoms with Crippen molar-refractivity contribution in [2.75, 3.05) is 13.6 Å². The Bertz CT molecular complexity index is 532. The van der Waals surface area contributed by atoms with Crippen LogP contribution in [-0.2, 0) is 8.23 Å². The van der Waals surface area contributed by atoms with E-state index < -0.39 is 25.2 Å². The predicted octanol–water partition coefficient (Wildman–Crippen LogP) is 4.57. The van der Waals surface area contributed by atoms with Crippen LogP contribution < -0.4 is 0 Å². The van der Waals surface area contributed by atoms with Gasteiger partial charge >= 0.3 is 8.56 Å². The first kappa shape index (κ1) is 23.8. The summed E-state index contributed by atoms with van der Waals surface area (Å²) < 4.78 is 13.0. The van der Waals surface area contributed by atoms with Crippen molar-refractivity contribution >= 4 is 25.2 Å². The second kappa shape index (κ2) is 10.1. The van der Waals surface area contributed by atoms with Gasteiger partial charge in [-0.15, -0.1) is 0 Å². The van der Waals surface area contributed by atoms with E-state index in [9.17, 15) is 0 Å². The van der Waals surface area contributed by atoms with E-state index in [1.165, 1.54) is 6.08 Å². The van der Waals surface area contributed by atoms with Crippen LogP contribution in [0.3, 0.4) is 0 Å². The van der Waals surface area contributed by atoms with Crippen molar-refractivity contribution in [2.24, 2.45) is 0 Å². The third-order valence-electron chi connectivity index (χ3n) is 3.03. The summed E-state index contributed by atoms with van der Waals surface area (Å²) in [6.07, 6.45) is 6.13. The maximum atomic E-state index is 8.70. The normalized spacial score (nSPS) is 12.6. The zero-order valence-electron chi connectivity index (χ0n) is 17.0. The zero-order chi connectivity index (χ0) is 19.7. The average Bonchev–Trinajstić information content (AvgIpc) is 2.39. The Kier molecular flexibility index (Phi) is 9.62. The first-order valence-corrected chi connectivity index (χ1v) is 17.9. The van der Waals surface area contributed by atoms with E-state index >= 15 is 0 Å². The molecule has 0 amide bonds. The fourth-order valence-electron chi connectivity index (χ4n) is 2.53. The molecule has 0 N–H and O–H groups in total. The number of rotatable bonds is 10. The monoisotopic (exact) mass is 395 g/mol. The quantitative estimate of drug-likeness (QED) is 0.308. The van der Waals surface area contributed by atoms with E-state index in [0.29, 0.717) is 0 Å². The maximum Gasteiger partial charge on any atom is 0.314 e. The molecule has 0 saturated heterocycles. The second-order valence-electron chi connectivity index (χ2n) is 8.29. The van der Waals surface area contributed by atoms with Crippen molar-refractivity contribution in [3.05, 3.63) is 23.9 Å². The van der Waals surface area contributed by atoms with Crippen molar-refractivity contribution < 1.29 is 8.23 Å². The molecule has 0 aromatic heterocycles. The van der Waals surface area contributed by atoms with Crippen LogP contribution in [0.4, 0.5) is 0 Å². The highest BCUT2D eigenvalue weighted by Crippen LogP contribution is 2.25. The average molecular weight is 396 g/mol. The number of allylic oxidation sites excluding steroid dienone is 3. The van der Waals surface area contributed by atoms with Gasteiger partial charge in [-0.1, -0.05) is 0 Å². The minimum absolute atomic E-state index is 0.108. The first-order chi connectivity index (χ1) is 11.3. The molecule has 0 aromatic carbocycles. The number of hydrogen-bond acceptors (Lipinski definition) is 5. The minimum Gasteiger partial charge on any atom is -0.437 e. The molecular weight excluding hydrogens is 362 g/mol. The van der Waals surface area contributed by atoms with E-state index in [0.717, 1.165) is 19.0 Å². The van der Waals surface area contributed by atoms with E-state index in [2.05, 4.69) is 50.7 Å². The molecule has 0 spiro atoms. The van der Waals surface area contributed by atoms with Gasteiger partial charge in [0.2, 0.25) is 0 Å². The van der Waals surface area contributed by atoms with Crippen LogP contribution in [0.15, 0.2) is 23.9 Å². The van der Waals surface area contributed by atoms with Gasteiger partial charge < -0.3 is 13.1 Å². The molecule has 0 radical (unpaired) electrons. The molecule has 0 aliphatic carbocycles. The Hall–Kier alpha value is -1.17. The summed E-state index contributed by atoms with van der Waals surface area (Å²) in [5.74, 6) is 0. The topological polar surface area (TPSA) is 69.3 Å². The van der Waals surface area contributed by atoms with Gasteiger partial charge in [-0.25, -0.2) is 0 Å². The predicted molar refractivity (Wildman–Crippen MR) is 111 cm³/mol. The van der Waals surface area contributed by atoms with Crippen LogP contribution in [0.1, 0.15) is 6.42 Å². The molecule has 25 heavy (non-hydrogen) atoms. The van der Waals surface area contributed by atoms with Crippen molar-refractivity contribution in [1.82, 2.24) is 4.90 Å². The lowest BCUT2D eigenvalue weighted by Crippen LogP contribution is -2.52. The SMILES string of the molecule is CN(C=CC=C(C#N)C#N)CCC[Si](C)(O[Si](C)(C)C)O[Si](C)(C)C. The van der Waals surface area contributed by atoms with Crippen LogP contribution in [-0.4, -0.2) is 43.7 Å². The Morgan fingerprint density at radius 1 is 0.960 bits per heavy atom. The Morgan fingerprint density at radius 2 is 1.44 bits per heavy atom. The summed E-state index contributed by atoms with van der Waals surface area (Å²) in [7, 11) is -3.49. The number of nitriles is 2. The third-order valence-corrected chi connectivity index (χ3v) is 12.6. The summed E-state index contributed by atoms with van der Waals surface area (Å²) in [6.45, 7) is 16.4. The van der Waals surface area contributed by atoms with Gasteiger partial charge in [-0.05, 0) is 76.6 Å². The molecule has 140 valence electrons. The molecule has 0 fully saturated rings. The first-order valence-electron chi connectivity index (χ1n) is 8.59. The number of nitrogens with zero attached hydrogens (tertiary/aromatic N) is 3. The Morgan fingerprint density at radius 3 is 1.84 bits per heavy atom. The third kappa shape index (κ3) is 12.8. The van der Waals surface area contributed by atoms with Crippen LogP contribution >= 0.6 is 0 Å². The van der Waals surface area contributed by atoms with Crippen molar-refractivity contribution in [3.8, 4) is 12.1 Å². The maximum absolute atomic E-state index is 8.70. The van der Waals surface area contributed by atoms with Gasteiger partial charge in [0.15, 0.2) is 16.6 Å². The van der Waals surface area contributed by atoms with Crippen molar-refractivity contribution in [1.29, 1.82) is 10.5 Å². The molecule has 0 saturated carbocycles. The van der Waals surface area contributed by atoms with Gasteiger partial charge in [-0.2, -0.15) is 10.5 Å². The van der Waals surface area contributed by atoms with Gasteiger partial charge in [0.05, 0.1) is 0 Å². The van der Waals surface area contributed by atoms with E-state index in [1.807, 2.05) is 25.4 Å². The fraction of sp³-hybridized carbons (Fsp3) is 0.647. The molecule has 0 bridgehead atoms. The summed E-state index contributed by atoms with van der Waals surface area (Å²) >= 11 is 0. The molecule has 0 unspecified atom stereocenters. The summed E-state index contributed by atoms with van der Waals surface area (Å²) in [5, 5.41) is 17.4. The fourth-order valence-corrected chi connectivity index (χ4v) is 15.0. The number of hydrogen-bond donors (Lipinski definition) is 0. The molecule has 5 nitrogen and oxygen atoms in total. The molecule has 0 heterocycles. The van der Waals surface area contributed by atoms with Crippen LogP contribution in [0, 0.1) is 22.7 Å².